The summed E-state index contributed by atoms with van der Waals surface area (Å²) in [6, 6.07) is 0. The maximum Gasteiger partial charge on any atom is 0.303 e. The molecule has 0 aliphatic heterocycles. The van der Waals surface area contributed by atoms with Gasteiger partial charge in [0.25, 0.3) is 0 Å². The summed E-state index contributed by atoms with van der Waals surface area (Å²) in [7, 11) is 0. The van der Waals surface area contributed by atoms with Crippen molar-refractivity contribution in [2.24, 2.45) is 11.5 Å². The third-order valence-corrected chi connectivity index (χ3v) is 2.44. The van der Waals surface area contributed by atoms with E-state index in [1.165, 1.54) is 0 Å². The smallest absolute Gasteiger partial charge is 0.303 e. The number of carboxylic acid groups (broad SMARTS) is 2. The van der Waals surface area contributed by atoms with Gasteiger partial charge in [-0.1, -0.05) is 0 Å². The largest absolute Gasteiger partial charge is 0.481 e. The summed E-state index contributed by atoms with van der Waals surface area (Å²) in [6.07, 6.45) is -0.593. The first kappa shape index (κ1) is 27.5. The molecule has 0 unspecified atom stereocenters. The maximum atomic E-state index is 9.64. The van der Waals surface area contributed by atoms with Gasteiger partial charge in [0, 0.05) is 0 Å². The standard InChI is InChI=1S/2C4H11NO3.C4H6O4/c2*5-4(1-6,2-7)3-8;5-3(6)1-2-4(7)8/h2*6-8H,1-3,5H2;1-2H2,(H,5,6)(H,7,8). The Balaban J connectivity index is -0.000000276. The van der Waals surface area contributed by atoms with Crippen LogP contribution in [-0.4, -0.2) is 104 Å². The van der Waals surface area contributed by atoms with Gasteiger partial charge in [0.1, 0.15) is 0 Å². The molecule has 0 atom stereocenters. The van der Waals surface area contributed by atoms with Crippen molar-refractivity contribution >= 4 is 11.9 Å². The number of carboxylic acids is 2. The van der Waals surface area contributed by atoms with Gasteiger partial charge in [0.2, 0.25) is 0 Å². The molecule has 0 aromatic carbocycles. The lowest BCUT2D eigenvalue weighted by Crippen LogP contribution is -2.50. The zero-order valence-corrected chi connectivity index (χ0v) is 13.2. The molecule has 12 N–H and O–H groups in total. The average Bonchev–Trinajstić information content (AvgIpc) is 2.59. The van der Waals surface area contributed by atoms with Gasteiger partial charge in [-0.05, 0) is 0 Å². The van der Waals surface area contributed by atoms with E-state index < -0.39 is 62.7 Å². The minimum absolute atomic E-state index is 0.296. The Bertz CT molecular complexity index is 283. The van der Waals surface area contributed by atoms with E-state index in [2.05, 4.69) is 0 Å². The molecule has 0 aromatic rings. The minimum atomic E-state index is -1.21. The van der Waals surface area contributed by atoms with Gasteiger partial charge in [-0.25, -0.2) is 0 Å². The van der Waals surface area contributed by atoms with E-state index in [4.69, 9.17) is 52.3 Å². The molecular formula is C12H28N2O10. The number of aliphatic carboxylic acids is 2. The fourth-order valence-corrected chi connectivity index (χ4v) is 0.514. The van der Waals surface area contributed by atoms with E-state index in [-0.39, 0.29) is 12.8 Å². The number of carbonyl (C=O) groups is 2. The highest BCUT2D eigenvalue weighted by atomic mass is 16.4. The molecule has 146 valence electrons. The first-order valence-corrected chi connectivity index (χ1v) is 6.66. The molecular weight excluding hydrogens is 332 g/mol. The molecule has 0 rings (SSSR count). The summed E-state index contributed by atoms with van der Waals surface area (Å²) in [4.78, 5) is 19.3. The van der Waals surface area contributed by atoms with Crippen LogP contribution in [0.4, 0.5) is 0 Å². The minimum Gasteiger partial charge on any atom is -0.481 e. The highest BCUT2D eigenvalue weighted by Crippen LogP contribution is 1.94. The number of hydrogen-bond donors (Lipinski definition) is 10. The number of aliphatic hydroxyl groups is 6. The molecule has 0 saturated heterocycles. The van der Waals surface area contributed by atoms with Gasteiger partial charge in [-0.3, -0.25) is 9.59 Å². The van der Waals surface area contributed by atoms with Gasteiger partial charge in [-0.2, -0.15) is 0 Å². The third-order valence-electron chi connectivity index (χ3n) is 2.44. The van der Waals surface area contributed by atoms with E-state index >= 15 is 0 Å². The number of hydrogen-bond acceptors (Lipinski definition) is 10. The van der Waals surface area contributed by atoms with Crippen LogP contribution >= 0.6 is 0 Å². The van der Waals surface area contributed by atoms with Crippen LogP contribution in [0.1, 0.15) is 12.8 Å². The average molecular weight is 360 g/mol. The van der Waals surface area contributed by atoms with Crippen molar-refractivity contribution in [3.05, 3.63) is 0 Å². The second kappa shape index (κ2) is 15.2. The Labute approximate surface area is 138 Å². The van der Waals surface area contributed by atoms with Crippen molar-refractivity contribution in [2.75, 3.05) is 39.6 Å². The van der Waals surface area contributed by atoms with E-state index in [0.29, 0.717) is 0 Å². The van der Waals surface area contributed by atoms with Crippen molar-refractivity contribution in [3.8, 4) is 0 Å². The van der Waals surface area contributed by atoms with Crippen LogP contribution in [0.25, 0.3) is 0 Å². The van der Waals surface area contributed by atoms with Gasteiger partial charge in [-0.15, -0.1) is 0 Å². The number of nitrogens with two attached hydrogens (primary N) is 2. The molecule has 24 heavy (non-hydrogen) atoms. The van der Waals surface area contributed by atoms with Crippen LogP contribution in [0.3, 0.4) is 0 Å². The number of rotatable bonds is 9. The third kappa shape index (κ3) is 17.0. The van der Waals surface area contributed by atoms with Crippen molar-refractivity contribution in [3.63, 3.8) is 0 Å². The summed E-state index contributed by atoms with van der Waals surface area (Å²) in [6.45, 7) is -2.42. The van der Waals surface area contributed by atoms with Crippen LogP contribution in [-0.2, 0) is 9.59 Å². The Morgan fingerprint density at radius 2 is 0.750 bits per heavy atom. The van der Waals surface area contributed by atoms with Crippen molar-refractivity contribution < 1.29 is 50.4 Å². The normalized spacial score (nSPS) is 10.8. The summed E-state index contributed by atoms with van der Waals surface area (Å²) >= 11 is 0. The van der Waals surface area contributed by atoms with Crippen LogP contribution in [0, 0.1) is 0 Å². The molecule has 0 aliphatic carbocycles. The molecule has 0 heterocycles. The summed E-state index contributed by atoms with van der Waals surface area (Å²) in [5, 5.41) is 65.8. The molecule has 0 aromatic heterocycles. The predicted molar refractivity (Wildman–Crippen MR) is 80.9 cm³/mol. The van der Waals surface area contributed by atoms with Crippen molar-refractivity contribution in [1.82, 2.24) is 0 Å². The second-order valence-electron chi connectivity index (χ2n) is 4.96. The van der Waals surface area contributed by atoms with E-state index in [9.17, 15) is 9.59 Å². The lowest BCUT2D eigenvalue weighted by atomic mass is 10.1. The van der Waals surface area contributed by atoms with Crippen LogP contribution in [0.2, 0.25) is 0 Å². The topological polar surface area (TPSA) is 248 Å². The van der Waals surface area contributed by atoms with Crippen LogP contribution in [0.15, 0.2) is 0 Å². The summed E-state index contributed by atoms with van der Waals surface area (Å²) < 4.78 is 0. The maximum absolute atomic E-state index is 9.64. The molecule has 0 bridgehead atoms. The van der Waals surface area contributed by atoms with Crippen LogP contribution < -0.4 is 11.5 Å². The Kier molecular flexibility index (Phi) is 17.4. The Morgan fingerprint density at radius 3 is 0.792 bits per heavy atom. The van der Waals surface area contributed by atoms with Gasteiger partial charge < -0.3 is 52.3 Å². The first-order valence-electron chi connectivity index (χ1n) is 6.66. The molecule has 12 nitrogen and oxygen atoms in total. The van der Waals surface area contributed by atoms with Gasteiger partial charge in [0.15, 0.2) is 0 Å². The Morgan fingerprint density at radius 1 is 0.583 bits per heavy atom. The second-order valence-corrected chi connectivity index (χ2v) is 4.96. The summed E-state index contributed by atoms with van der Waals surface area (Å²) in [5.74, 6) is -2.15. The SMILES string of the molecule is NC(CO)(CO)CO.NC(CO)(CO)CO.O=C(O)CCC(=O)O. The van der Waals surface area contributed by atoms with E-state index in [0.717, 1.165) is 0 Å². The predicted octanol–water partition coefficient (Wildman–Crippen LogP) is -4.74. The highest BCUT2D eigenvalue weighted by molar-refractivity contribution is 5.75. The van der Waals surface area contributed by atoms with Crippen molar-refractivity contribution in [2.45, 2.75) is 23.9 Å². The molecule has 0 amide bonds. The Hall–Kier alpha value is -1.38. The fourth-order valence-electron chi connectivity index (χ4n) is 0.514. The van der Waals surface area contributed by atoms with Crippen LogP contribution in [0.5, 0.6) is 0 Å². The quantitative estimate of drug-likeness (QED) is 0.186. The lowest BCUT2D eigenvalue weighted by molar-refractivity contribution is -0.143. The highest BCUT2D eigenvalue weighted by Gasteiger charge is 2.21. The molecule has 0 saturated carbocycles. The monoisotopic (exact) mass is 360 g/mol. The zero-order valence-electron chi connectivity index (χ0n) is 13.2. The fraction of sp³-hybridized carbons (Fsp3) is 0.833. The first-order chi connectivity index (χ1) is 11.0. The molecule has 12 heteroatoms. The van der Waals surface area contributed by atoms with Gasteiger partial charge >= 0.3 is 11.9 Å². The summed E-state index contributed by atoms with van der Waals surface area (Å²) in [5.41, 5.74) is 7.88. The molecule has 0 radical (unpaired) electrons. The van der Waals surface area contributed by atoms with E-state index in [1.807, 2.05) is 0 Å². The van der Waals surface area contributed by atoms with Gasteiger partial charge in [0.05, 0.1) is 63.6 Å². The van der Waals surface area contributed by atoms with Crippen molar-refractivity contribution in [1.29, 1.82) is 0 Å². The lowest BCUT2D eigenvalue weighted by Gasteiger charge is -2.20. The molecule has 0 fully saturated rings. The number of aliphatic hydroxyl groups excluding tert-OH is 6. The molecule has 0 aliphatic rings. The van der Waals surface area contributed by atoms with E-state index in [1.54, 1.807) is 0 Å². The molecule has 0 spiro atoms. The zero-order chi connectivity index (χ0) is 19.8.